The fourth-order valence-electron chi connectivity index (χ4n) is 1.56. The van der Waals surface area contributed by atoms with Crippen LogP contribution < -0.4 is 4.74 Å². The Morgan fingerprint density at radius 1 is 1.56 bits per heavy atom. The summed E-state index contributed by atoms with van der Waals surface area (Å²) < 4.78 is 5.05. The van der Waals surface area contributed by atoms with Crippen LogP contribution in [0.1, 0.15) is 16.8 Å². The number of benzene rings is 1. The van der Waals surface area contributed by atoms with Crippen LogP contribution in [-0.4, -0.2) is 23.4 Å². The van der Waals surface area contributed by atoms with E-state index in [1.54, 1.807) is 25.3 Å². The van der Waals surface area contributed by atoms with Crippen molar-refractivity contribution in [2.24, 2.45) is 0 Å². The molecule has 1 aromatic rings. The molecule has 0 N–H and O–H groups in total. The summed E-state index contributed by atoms with van der Waals surface area (Å²) in [5, 5.41) is -0.935. The van der Waals surface area contributed by atoms with Crippen LogP contribution in [0.25, 0.3) is 0 Å². The number of ketones is 1. The zero-order chi connectivity index (χ0) is 11.7. The lowest BCUT2D eigenvalue weighted by Crippen LogP contribution is -2.22. The van der Waals surface area contributed by atoms with Crippen LogP contribution in [0.3, 0.4) is 0 Å². The Morgan fingerprint density at radius 2 is 2.31 bits per heavy atom. The van der Waals surface area contributed by atoms with E-state index in [9.17, 15) is 9.59 Å². The van der Waals surface area contributed by atoms with Gasteiger partial charge in [-0.1, -0.05) is 0 Å². The largest absolute Gasteiger partial charge is 0.497 e. The zero-order valence-electron chi connectivity index (χ0n) is 8.53. The molecule has 0 spiro atoms. The summed E-state index contributed by atoms with van der Waals surface area (Å²) in [5.74, 6) is 0.579. The molecule has 0 bridgehead atoms. The van der Waals surface area contributed by atoms with Crippen molar-refractivity contribution in [3.05, 3.63) is 23.8 Å². The molecule has 0 amide bonds. The Bertz CT molecular complexity index is 459. The van der Waals surface area contributed by atoms with Gasteiger partial charge in [-0.3, -0.25) is 9.59 Å². The third-order valence-electron chi connectivity index (χ3n) is 2.38. The lowest BCUT2D eigenvalue weighted by Gasteiger charge is -2.20. The quantitative estimate of drug-likeness (QED) is 0.763. The monoisotopic (exact) mass is 256 g/mol. The summed E-state index contributed by atoms with van der Waals surface area (Å²) in [6, 6.07) is 5.24. The van der Waals surface area contributed by atoms with Crippen LogP contribution in [-0.2, 0) is 4.79 Å². The normalized spacial score (nSPS) is 19.1. The van der Waals surface area contributed by atoms with Crippen LogP contribution in [0, 0.1) is 0 Å². The van der Waals surface area contributed by atoms with Crippen molar-refractivity contribution in [1.29, 1.82) is 0 Å². The summed E-state index contributed by atoms with van der Waals surface area (Å²) >= 11 is 6.74. The summed E-state index contributed by atoms with van der Waals surface area (Å²) in [6.45, 7) is 0. The van der Waals surface area contributed by atoms with Gasteiger partial charge in [-0.25, -0.2) is 0 Å². The predicted octanol–water partition coefficient (Wildman–Crippen LogP) is 2.51. The van der Waals surface area contributed by atoms with E-state index < -0.39 is 10.5 Å². The molecule has 1 heterocycles. The van der Waals surface area contributed by atoms with Gasteiger partial charge in [-0.2, -0.15) is 0 Å². The van der Waals surface area contributed by atoms with E-state index in [0.717, 1.165) is 4.90 Å². The molecule has 2 rings (SSSR count). The van der Waals surface area contributed by atoms with Gasteiger partial charge < -0.3 is 4.74 Å². The lowest BCUT2D eigenvalue weighted by atomic mass is 10.1. The maximum atomic E-state index is 11.8. The Balaban J connectivity index is 2.38. The van der Waals surface area contributed by atoms with Gasteiger partial charge in [0.2, 0.25) is 5.24 Å². The number of hydrogen-bond acceptors (Lipinski definition) is 4. The molecule has 5 heteroatoms. The fourth-order valence-corrected chi connectivity index (χ4v) is 2.85. The first-order valence-electron chi connectivity index (χ1n) is 4.69. The van der Waals surface area contributed by atoms with Crippen molar-refractivity contribution >= 4 is 34.4 Å². The SMILES string of the molecule is COc1ccc2c(c1)C(=O)CC(C(=O)Cl)S2. The second-order valence-electron chi connectivity index (χ2n) is 3.40. The second kappa shape index (κ2) is 4.47. The maximum Gasteiger partial charge on any atom is 0.235 e. The molecule has 1 aliphatic rings. The minimum Gasteiger partial charge on any atom is -0.497 e. The summed E-state index contributed by atoms with van der Waals surface area (Å²) in [5.41, 5.74) is 0.610. The molecule has 1 unspecified atom stereocenters. The van der Waals surface area contributed by atoms with Gasteiger partial charge in [0.05, 0.1) is 12.4 Å². The van der Waals surface area contributed by atoms with Crippen LogP contribution >= 0.6 is 23.4 Å². The molecule has 0 aromatic heterocycles. The molecule has 3 nitrogen and oxygen atoms in total. The standard InChI is InChI=1S/C11H9ClO3S/c1-15-6-2-3-9-7(4-6)8(13)5-10(16-9)11(12)14/h2-4,10H,5H2,1H3. The van der Waals surface area contributed by atoms with Gasteiger partial charge in [-0.05, 0) is 29.8 Å². The highest BCUT2D eigenvalue weighted by atomic mass is 35.5. The predicted molar refractivity (Wildman–Crippen MR) is 62.4 cm³/mol. The highest BCUT2D eigenvalue weighted by Crippen LogP contribution is 2.37. The minimum absolute atomic E-state index is 0.0633. The van der Waals surface area contributed by atoms with Gasteiger partial charge >= 0.3 is 0 Å². The summed E-state index contributed by atoms with van der Waals surface area (Å²) in [6.07, 6.45) is 0.160. The number of Topliss-reactive ketones (excluding diaryl/α,β-unsaturated/α-hetero) is 1. The number of hydrogen-bond donors (Lipinski definition) is 0. The minimum atomic E-state index is -0.472. The van der Waals surface area contributed by atoms with Crippen molar-refractivity contribution in [2.75, 3.05) is 7.11 Å². The fraction of sp³-hybridized carbons (Fsp3) is 0.273. The number of fused-ring (bicyclic) bond motifs is 1. The van der Waals surface area contributed by atoms with E-state index in [1.165, 1.54) is 11.8 Å². The first kappa shape index (κ1) is 11.5. The third kappa shape index (κ3) is 2.08. The molecule has 0 saturated heterocycles. The van der Waals surface area contributed by atoms with E-state index in [1.807, 2.05) is 0 Å². The smallest absolute Gasteiger partial charge is 0.235 e. The van der Waals surface area contributed by atoms with Crippen molar-refractivity contribution in [3.63, 3.8) is 0 Å². The highest BCUT2D eigenvalue weighted by molar-refractivity contribution is 8.01. The molecule has 0 fully saturated rings. The van der Waals surface area contributed by atoms with Gasteiger partial charge in [0.1, 0.15) is 5.75 Å². The molecule has 0 radical (unpaired) electrons. The van der Waals surface area contributed by atoms with E-state index in [-0.39, 0.29) is 12.2 Å². The summed E-state index contributed by atoms with van der Waals surface area (Å²) in [7, 11) is 1.55. The lowest BCUT2D eigenvalue weighted by molar-refractivity contribution is -0.111. The Hall–Kier alpha value is -1.000. The highest BCUT2D eigenvalue weighted by Gasteiger charge is 2.29. The van der Waals surface area contributed by atoms with Crippen molar-refractivity contribution in [2.45, 2.75) is 16.6 Å². The number of thioether (sulfide) groups is 1. The van der Waals surface area contributed by atoms with Crippen LogP contribution in [0.2, 0.25) is 0 Å². The number of carbonyl (C=O) groups is 2. The van der Waals surface area contributed by atoms with Crippen LogP contribution in [0.15, 0.2) is 23.1 Å². The molecule has 1 atom stereocenters. The van der Waals surface area contributed by atoms with E-state index in [4.69, 9.17) is 16.3 Å². The molecule has 1 aliphatic heterocycles. The van der Waals surface area contributed by atoms with Crippen molar-refractivity contribution < 1.29 is 14.3 Å². The second-order valence-corrected chi connectivity index (χ2v) is 5.02. The van der Waals surface area contributed by atoms with Gasteiger partial charge in [0.25, 0.3) is 0 Å². The Morgan fingerprint density at radius 3 is 2.94 bits per heavy atom. The molecule has 0 aliphatic carbocycles. The average molecular weight is 257 g/mol. The zero-order valence-corrected chi connectivity index (χ0v) is 10.1. The Labute approximate surface area is 102 Å². The molecular formula is C11H9ClO3S. The maximum absolute atomic E-state index is 11.8. The van der Waals surface area contributed by atoms with Gasteiger partial charge in [0, 0.05) is 16.9 Å². The number of ether oxygens (including phenoxy) is 1. The average Bonchev–Trinajstić information content (AvgIpc) is 2.28. The molecule has 1 aromatic carbocycles. The number of methoxy groups -OCH3 is 1. The first-order chi connectivity index (χ1) is 7.61. The van der Waals surface area contributed by atoms with E-state index >= 15 is 0 Å². The number of carbonyl (C=O) groups excluding carboxylic acids is 2. The van der Waals surface area contributed by atoms with E-state index in [0.29, 0.717) is 11.3 Å². The van der Waals surface area contributed by atoms with Gasteiger partial charge in [-0.15, -0.1) is 11.8 Å². The first-order valence-corrected chi connectivity index (χ1v) is 5.95. The number of rotatable bonds is 2. The summed E-state index contributed by atoms with van der Waals surface area (Å²) in [4.78, 5) is 23.6. The van der Waals surface area contributed by atoms with Crippen molar-refractivity contribution in [1.82, 2.24) is 0 Å². The number of halogens is 1. The van der Waals surface area contributed by atoms with Crippen LogP contribution in [0.4, 0.5) is 0 Å². The molecule has 0 saturated carbocycles. The Kier molecular flexibility index (Phi) is 3.21. The molecule has 84 valence electrons. The third-order valence-corrected chi connectivity index (χ3v) is 4.05. The van der Waals surface area contributed by atoms with Gasteiger partial charge in [0.15, 0.2) is 5.78 Å². The van der Waals surface area contributed by atoms with Crippen molar-refractivity contribution in [3.8, 4) is 5.75 Å². The topological polar surface area (TPSA) is 43.4 Å². The van der Waals surface area contributed by atoms with Crippen LogP contribution in [0.5, 0.6) is 5.75 Å². The molecular weight excluding hydrogens is 248 g/mol. The molecule has 16 heavy (non-hydrogen) atoms. The van der Waals surface area contributed by atoms with E-state index in [2.05, 4.69) is 0 Å².